The maximum absolute atomic E-state index is 5.14. The number of hydrogen-bond acceptors (Lipinski definition) is 5. The Morgan fingerprint density at radius 1 is 1.50 bits per heavy atom. The first-order valence-corrected chi connectivity index (χ1v) is 5.91. The lowest BCUT2D eigenvalue weighted by molar-refractivity contribution is 0.354. The second kappa shape index (κ2) is 3.82. The first-order valence-electron chi connectivity index (χ1n) is 1.78. The SMILES string of the molecule is COP(=S)(OC)SN. The largest absolute Gasteiger partial charge is 0.324 e. The summed E-state index contributed by atoms with van der Waals surface area (Å²) in [6, 6.07) is 0. The monoisotopic (exact) mass is 173 g/mol. The Hall–Kier alpha value is 0.880. The predicted molar refractivity (Wildman–Crippen MR) is 40.1 cm³/mol. The van der Waals surface area contributed by atoms with Crippen LogP contribution in [-0.4, -0.2) is 14.2 Å². The van der Waals surface area contributed by atoms with Crippen LogP contribution in [0.3, 0.4) is 0 Å². The molecule has 0 aromatic carbocycles. The molecular weight excluding hydrogens is 165 g/mol. The Morgan fingerprint density at radius 3 is 1.88 bits per heavy atom. The van der Waals surface area contributed by atoms with E-state index < -0.39 is 5.69 Å². The van der Waals surface area contributed by atoms with Gasteiger partial charge in [-0.1, -0.05) is 0 Å². The van der Waals surface area contributed by atoms with Crippen molar-refractivity contribution in [3.63, 3.8) is 0 Å². The molecule has 0 aliphatic carbocycles. The van der Waals surface area contributed by atoms with Gasteiger partial charge in [0.25, 0.3) is 5.69 Å². The first kappa shape index (κ1) is 8.88. The number of rotatable bonds is 3. The molecule has 6 heteroatoms. The molecule has 0 saturated heterocycles. The summed E-state index contributed by atoms with van der Waals surface area (Å²) in [5.41, 5.74) is -2.13. The van der Waals surface area contributed by atoms with Gasteiger partial charge in [0.1, 0.15) is 0 Å². The van der Waals surface area contributed by atoms with E-state index in [1.165, 1.54) is 14.2 Å². The summed E-state index contributed by atoms with van der Waals surface area (Å²) in [6.07, 6.45) is 0. The summed E-state index contributed by atoms with van der Waals surface area (Å²) in [5, 5.41) is 5.14. The van der Waals surface area contributed by atoms with Crippen molar-refractivity contribution < 1.29 is 9.05 Å². The van der Waals surface area contributed by atoms with E-state index in [-0.39, 0.29) is 0 Å². The molecule has 3 nitrogen and oxygen atoms in total. The Labute approximate surface area is 58.0 Å². The van der Waals surface area contributed by atoms with E-state index in [0.29, 0.717) is 0 Å². The average molecular weight is 173 g/mol. The second-order valence-corrected chi connectivity index (χ2v) is 6.96. The summed E-state index contributed by atoms with van der Waals surface area (Å²) in [7, 11) is 2.98. The number of nitrogens with two attached hydrogens (primary N) is 1. The van der Waals surface area contributed by atoms with Crippen molar-refractivity contribution >= 4 is 29.1 Å². The normalized spacial score (nSPS) is 11.9. The topological polar surface area (TPSA) is 44.5 Å². The smallest absolute Gasteiger partial charge is 0.261 e. The van der Waals surface area contributed by atoms with E-state index in [1.807, 2.05) is 0 Å². The van der Waals surface area contributed by atoms with Gasteiger partial charge in [0.15, 0.2) is 0 Å². The molecule has 8 heavy (non-hydrogen) atoms. The molecule has 0 unspecified atom stereocenters. The highest BCUT2D eigenvalue weighted by Gasteiger charge is 2.12. The van der Waals surface area contributed by atoms with Gasteiger partial charge in [-0.2, -0.15) is 0 Å². The molecule has 0 rings (SSSR count). The van der Waals surface area contributed by atoms with Gasteiger partial charge in [0, 0.05) is 25.8 Å². The maximum Gasteiger partial charge on any atom is 0.261 e. The summed E-state index contributed by atoms with van der Waals surface area (Å²) >= 11 is 5.76. The van der Waals surface area contributed by atoms with Crippen LogP contribution in [0.1, 0.15) is 0 Å². The quantitative estimate of drug-likeness (QED) is 0.511. The van der Waals surface area contributed by atoms with Gasteiger partial charge in [-0.3, -0.25) is 5.14 Å². The van der Waals surface area contributed by atoms with Crippen molar-refractivity contribution in [2.24, 2.45) is 5.14 Å². The zero-order chi connectivity index (χ0) is 6.62. The molecule has 0 aromatic rings. The van der Waals surface area contributed by atoms with Crippen LogP contribution in [0, 0.1) is 0 Å². The molecule has 0 aromatic heterocycles. The van der Waals surface area contributed by atoms with Gasteiger partial charge >= 0.3 is 0 Å². The van der Waals surface area contributed by atoms with Crippen molar-refractivity contribution in [2.45, 2.75) is 0 Å². The molecule has 0 atom stereocenters. The molecule has 0 amide bonds. The highest BCUT2D eigenvalue weighted by molar-refractivity contribution is 8.67. The molecule has 0 saturated carbocycles. The fourth-order valence-corrected chi connectivity index (χ4v) is 0.998. The van der Waals surface area contributed by atoms with Crippen LogP contribution in [0.4, 0.5) is 0 Å². The molecule has 0 aliphatic rings. The third kappa shape index (κ3) is 2.44. The van der Waals surface area contributed by atoms with Crippen LogP contribution in [0.5, 0.6) is 0 Å². The van der Waals surface area contributed by atoms with Crippen LogP contribution in [-0.2, 0) is 20.9 Å². The molecule has 0 aliphatic heterocycles. The second-order valence-electron chi connectivity index (χ2n) is 0.918. The van der Waals surface area contributed by atoms with Gasteiger partial charge in [-0.05, 0) is 11.8 Å². The fraction of sp³-hybridized carbons (Fsp3) is 1.00. The minimum absolute atomic E-state index is 0.954. The molecule has 0 radical (unpaired) electrons. The van der Waals surface area contributed by atoms with E-state index in [2.05, 4.69) is 0 Å². The van der Waals surface area contributed by atoms with Crippen LogP contribution < -0.4 is 5.14 Å². The van der Waals surface area contributed by atoms with Crippen LogP contribution in [0.25, 0.3) is 0 Å². The van der Waals surface area contributed by atoms with Crippen molar-refractivity contribution in [2.75, 3.05) is 14.2 Å². The summed E-state index contributed by atoms with van der Waals surface area (Å²) < 4.78 is 9.56. The molecule has 0 spiro atoms. The van der Waals surface area contributed by atoms with E-state index >= 15 is 0 Å². The lowest BCUT2D eigenvalue weighted by Crippen LogP contribution is -1.86. The summed E-state index contributed by atoms with van der Waals surface area (Å²) in [5.74, 6) is 0. The Balaban J connectivity index is 3.79. The Bertz CT molecular complexity index is 89.2. The molecule has 2 N–H and O–H groups in total. The van der Waals surface area contributed by atoms with Crippen molar-refractivity contribution in [3.8, 4) is 0 Å². The van der Waals surface area contributed by atoms with Crippen molar-refractivity contribution in [1.29, 1.82) is 0 Å². The molecular formula is C2H8NO2PS2. The van der Waals surface area contributed by atoms with Gasteiger partial charge in [0.2, 0.25) is 0 Å². The van der Waals surface area contributed by atoms with Gasteiger partial charge in [-0.25, -0.2) is 0 Å². The lowest BCUT2D eigenvalue weighted by Gasteiger charge is -2.11. The Kier molecular flexibility index (Phi) is 4.24. The van der Waals surface area contributed by atoms with Crippen molar-refractivity contribution in [3.05, 3.63) is 0 Å². The molecule has 0 heterocycles. The lowest BCUT2D eigenvalue weighted by atomic mass is 11.8. The van der Waals surface area contributed by atoms with Crippen LogP contribution >= 0.6 is 17.3 Å². The minimum Gasteiger partial charge on any atom is -0.324 e. The first-order chi connectivity index (χ1) is 3.68. The summed E-state index contributed by atoms with van der Waals surface area (Å²) in [4.78, 5) is 0. The maximum atomic E-state index is 5.14. The standard InChI is InChI=1S/C2H8NO2PS2/c1-4-6(7,5-2)8-3/h3H2,1-2H3. The molecule has 0 fully saturated rings. The van der Waals surface area contributed by atoms with E-state index in [0.717, 1.165) is 11.6 Å². The van der Waals surface area contributed by atoms with E-state index in [1.54, 1.807) is 0 Å². The van der Waals surface area contributed by atoms with E-state index in [4.69, 9.17) is 26.0 Å². The van der Waals surface area contributed by atoms with E-state index in [9.17, 15) is 0 Å². The number of hydrogen-bond donors (Lipinski definition) is 1. The highest BCUT2D eigenvalue weighted by Crippen LogP contribution is 2.56. The van der Waals surface area contributed by atoms with Crippen LogP contribution in [0.15, 0.2) is 0 Å². The third-order valence-corrected chi connectivity index (χ3v) is 5.07. The zero-order valence-electron chi connectivity index (χ0n) is 4.66. The average Bonchev–Trinajstić information content (AvgIpc) is 1.87. The predicted octanol–water partition coefficient (Wildman–Crippen LogP) is 1.11. The molecule has 0 bridgehead atoms. The van der Waals surface area contributed by atoms with Gasteiger partial charge < -0.3 is 9.05 Å². The Morgan fingerprint density at radius 2 is 1.88 bits per heavy atom. The summed E-state index contributed by atoms with van der Waals surface area (Å²) in [6.45, 7) is 0. The highest BCUT2D eigenvalue weighted by atomic mass is 32.9. The zero-order valence-corrected chi connectivity index (χ0v) is 7.18. The van der Waals surface area contributed by atoms with Gasteiger partial charge in [-0.15, -0.1) is 0 Å². The fourth-order valence-electron chi connectivity index (χ4n) is 0.161. The van der Waals surface area contributed by atoms with Crippen molar-refractivity contribution in [1.82, 2.24) is 0 Å². The van der Waals surface area contributed by atoms with Gasteiger partial charge in [0.05, 0.1) is 0 Å². The molecule has 50 valence electrons. The minimum atomic E-state index is -2.13. The van der Waals surface area contributed by atoms with Crippen LogP contribution in [0.2, 0.25) is 0 Å². The third-order valence-electron chi connectivity index (χ3n) is 0.576.